The minimum absolute atomic E-state index is 0.145. The number of nitrogens with two attached hydrogens (primary N) is 1. The zero-order valence-electron chi connectivity index (χ0n) is 9.87. The molecule has 5 nitrogen and oxygen atoms in total. The molecular formula is C11H13Br2N3O2. The van der Waals surface area contributed by atoms with Gasteiger partial charge in [-0.25, -0.2) is 0 Å². The van der Waals surface area contributed by atoms with Gasteiger partial charge in [-0.3, -0.25) is 4.79 Å². The number of nitrogens with zero attached hydrogens (tertiary/aromatic N) is 1. The Hall–Kier alpha value is -1.08. The summed E-state index contributed by atoms with van der Waals surface area (Å²) in [6.07, 6.45) is 0. The average molecular weight is 379 g/mol. The summed E-state index contributed by atoms with van der Waals surface area (Å²) in [6, 6.07) is 5.36. The highest BCUT2D eigenvalue weighted by Crippen LogP contribution is 2.28. The van der Waals surface area contributed by atoms with Crippen LogP contribution in [-0.2, 0) is 4.79 Å². The number of hydrogen-bond acceptors (Lipinski definition) is 3. The third-order valence-electron chi connectivity index (χ3n) is 2.50. The Morgan fingerprint density at radius 3 is 2.56 bits per heavy atom. The van der Waals surface area contributed by atoms with Crippen LogP contribution in [0.2, 0.25) is 0 Å². The summed E-state index contributed by atoms with van der Waals surface area (Å²) in [5.41, 5.74) is 5.00. The van der Waals surface area contributed by atoms with Crippen LogP contribution in [0.15, 0.2) is 32.3 Å². The van der Waals surface area contributed by atoms with Crippen molar-refractivity contribution in [3.63, 3.8) is 0 Å². The Balaban J connectivity index is 2.95. The van der Waals surface area contributed by atoms with Crippen LogP contribution in [0.25, 0.3) is 0 Å². The quantitative estimate of drug-likeness (QED) is 0.327. The highest BCUT2D eigenvalue weighted by atomic mass is 79.9. The topological polar surface area (TPSA) is 87.7 Å². The third kappa shape index (κ3) is 3.23. The van der Waals surface area contributed by atoms with E-state index in [2.05, 4.69) is 42.3 Å². The molecule has 0 aliphatic heterocycles. The van der Waals surface area contributed by atoms with E-state index >= 15 is 0 Å². The highest BCUT2D eigenvalue weighted by molar-refractivity contribution is 9.11. The van der Waals surface area contributed by atoms with Gasteiger partial charge in [-0.15, -0.1) is 0 Å². The molecule has 1 aromatic rings. The van der Waals surface area contributed by atoms with Crippen LogP contribution in [0.5, 0.6) is 0 Å². The summed E-state index contributed by atoms with van der Waals surface area (Å²) in [5.74, 6) is -0.506. The number of benzene rings is 1. The lowest BCUT2D eigenvalue weighted by molar-refractivity contribution is -0.121. The van der Waals surface area contributed by atoms with Gasteiger partial charge in [0, 0.05) is 8.95 Å². The zero-order valence-corrected chi connectivity index (χ0v) is 13.0. The predicted molar refractivity (Wildman–Crippen MR) is 77.7 cm³/mol. The Bertz CT molecular complexity index is 501. The molecular weight excluding hydrogens is 366 g/mol. The van der Waals surface area contributed by atoms with E-state index in [1.54, 1.807) is 26.0 Å². The molecule has 0 fully saturated rings. The third-order valence-corrected chi connectivity index (χ3v) is 3.64. The van der Waals surface area contributed by atoms with Crippen molar-refractivity contribution in [3.8, 4) is 0 Å². The molecule has 0 aliphatic rings. The van der Waals surface area contributed by atoms with Crippen molar-refractivity contribution in [1.29, 1.82) is 0 Å². The lowest BCUT2D eigenvalue weighted by Crippen LogP contribution is -2.42. The maximum Gasteiger partial charge on any atom is 0.237 e. The number of carbonyl (C=O) groups excluding carboxylic acids is 1. The first-order valence-electron chi connectivity index (χ1n) is 5.03. The number of nitrogens with one attached hydrogen (secondary N) is 1. The minimum Gasteiger partial charge on any atom is -0.409 e. The highest BCUT2D eigenvalue weighted by Gasteiger charge is 2.33. The Morgan fingerprint density at radius 2 is 2.06 bits per heavy atom. The fourth-order valence-electron chi connectivity index (χ4n) is 1.11. The van der Waals surface area contributed by atoms with E-state index < -0.39 is 5.41 Å². The van der Waals surface area contributed by atoms with E-state index in [0.29, 0.717) is 5.69 Å². The second kappa shape index (κ2) is 5.71. The second-order valence-corrected chi connectivity index (χ2v) is 5.96. The molecule has 0 heterocycles. The fourth-order valence-corrected chi connectivity index (χ4v) is 2.26. The van der Waals surface area contributed by atoms with Gasteiger partial charge in [0.15, 0.2) is 5.84 Å². The lowest BCUT2D eigenvalue weighted by Gasteiger charge is -2.22. The molecule has 0 aliphatic carbocycles. The van der Waals surface area contributed by atoms with E-state index in [0.717, 1.165) is 8.95 Å². The van der Waals surface area contributed by atoms with Gasteiger partial charge in [0.2, 0.25) is 5.91 Å². The number of oxime groups is 1. The summed E-state index contributed by atoms with van der Waals surface area (Å²) in [4.78, 5) is 12.1. The van der Waals surface area contributed by atoms with Crippen molar-refractivity contribution < 1.29 is 10.0 Å². The predicted octanol–water partition coefficient (Wildman–Crippen LogP) is 2.92. The van der Waals surface area contributed by atoms with Gasteiger partial charge in [-0.1, -0.05) is 21.1 Å². The van der Waals surface area contributed by atoms with E-state index in [1.807, 2.05) is 6.07 Å². The van der Waals surface area contributed by atoms with Crippen LogP contribution in [0.4, 0.5) is 5.69 Å². The van der Waals surface area contributed by atoms with E-state index in [-0.39, 0.29) is 11.7 Å². The van der Waals surface area contributed by atoms with E-state index in [1.165, 1.54) is 0 Å². The molecule has 0 unspecified atom stereocenters. The average Bonchev–Trinajstić information content (AvgIpc) is 2.31. The summed E-state index contributed by atoms with van der Waals surface area (Å²) in [7, 11) is 0. The Labute approximate surface area is 122 Å². The molecule has 98 valence electrons. The van der Waals surface area contributed by atoms with Crippen molar-refractivity contribution in [2.24, 2.45) is 16.3 Å². The van der Waals surface area contributed by atoms with Crippen LogP contribution in [0, 0.1) is 5.41 Å². The zero-order chi connectivity index (χ0) is 13.9. The number of carbonyl (C=O) groups is 1. The van der Waals surface area contributed by atoms with Crippen molar-refractivity contribution >= 4 is 49.3 Å². The van der Waals surface area contributed by atoms with Crippen LogP contribution >= 0.6 is 31.9 Å². The van der Waals surface area contributed by atoms with Gasteiger partial charge < -0.3 is 16.3 Å². The molecule has 0 bridgehead atoms. The molecule has 1 amide bonds. The van der Waals surface area contributed by atoms with Gasteiger partial charge >= 0.3 is 0 Å². The van der Waals surface area contributed by atoms with E-state index in [4.69, 9.17) is 10.9 Å². The van der Waals surface area contributed by atoms with E-state index in [9.17, 15) is 4.79 Å². The van der Waals surface area contributed by atoms with Crippen molar-refractivity contribution in [2.45, 2.75) is 13.8 Å². The standard InChI is InChI=1S/C11H13Br2N3O2/c1-11(2,9(14)16-18)10(17)15-8-4-3-6(12)5-7(8)13/h3-5,18H,1-2H3,(H2,14,16)(H,15,17). The maximum atomic E-state index is 12.1. The summed E-state index contributed by atoms with van der Waals surface area (Å²) >= 11 is 6.66. The first-order valence-corrected chi connectivity index (χ1v) is 6.62. The molecule has 4 N–H and O–H groups in total. The summed E-state index contributed by atoms with van der Waals surface area (Å²) in [5, 5.41) is 14.2. The van der Waals surface area contributed by atoms with Gasteiger partial charge in [0.25, 0.3) is 0 Å². The fraction of sp³-hybridized carbons (Fsp3) is 0.273. The smallest absolute Gasteiger partial charge is 0.237 e. The largest absolute Gasteiger partial charge is 0.409 e. The molecule has 7 heteroatoms. The van der Waals surface area contributed by atoms with Crippen molar-refractivity contribution in [1.82, 2.24) is 0 Å². The molecule has 0 atom stereocenters. The molecule has 0 saturated carbocycles. The number of halogens is 2. The number of amides is 1. The molecule has 1 aromatic carbocycles. The van der Waals surface area contributed by atoms with Gasteiger partial charge in [-0.2, -0.15) is 0 Å². The monoisotopic (exact) mass is 377 g/mol. The molecule has 18 heavy (non-hydrogen) atoms. The molecule has 0 radical (unpaired) electrons. The normalized spacial score (nSPS) is 12.3. The first kappa shape index (κ1) is 15.0. The molecule has 0 saturated heterocycles. The van der Waals surface area contributed by atoms with Crippen LogP contribution in [-0.4, -0.2) is 17.0 Å². The second-order valence-electron chi connectivity index (χ2n) is 4.19. The van der Waals surface area contributed by atoms with Gasteiger partial charge in [0.05, 0.1) is 5.69 Å². The number of hydrogen-bond donors (Lipinski definition) is 3. The van der Waals surface area contributed by atoms with Crippen molar-refractivity contribution in [3.05, 3.63) is 27.1 Å². The number of anilines is 1. The molecule has 1 rings (SSSR count). The van der Waals surface area contributed by atoms with Crippen LogP contribution in [0.1, 0.15) is 13.8 Å². The molecule has 0 aromatic heterocycles. The Morgan fingerprint density at radius 1 is 1.44 bits per heavy atom. The number of amidine groups is 1. The SMILES string of the molecule is CC(C)(C(=O)Nc1ccc(Br)cc1Br)C(N)=NO. The minimum atomic E-state index is -1.10. The maximum absolute atomic E-state index is 12.1. The Kier molecular flexibility index (Phi) is 4.75. The summed E-state index contributed by atoms with van der Waals surface area (Å²) < 4.78 is 1.63. The summed E-state index contributed by atoms with van der Waals surface area (Å²) in [6.45, 7) is 3.15. The van der Waals surface area contributed by atoms with Crippen molar-refractivity contribution in [2.75, 3.05) is 5.32 Å². The number of rotatable bonds is 3. The van der Waals surface area contributed by atoms with Gasteiger partial charge in [-0.05, 0) is 48.0 Å². The van der Waals surface area contributed by atoms with Gasteiger partial charge in [0.1, 0.15) is 5.41 Å². The molecule has 0 spiro atoms. The van der Waals surface area contributed by atoms with Crippen LogP contribution < -0.4 is 11.1 Å². The van der Waals surface area contributed by atoms with Crippen LogP contribution in [0.3, 0.4) is 0 Å². The lowest BCUT2D eigenvalue weighted by atomic mass is 9.91. The first-order chi connectivity index (χ1) is 8.28.